The molecule has 32 heavy (non-hydrogen) atoms. The number of hydrogen-bond donors (Lipinski definition) is 1. The maximum Gasteiger partial charge on any atom is 0.237 e. The summed E-state index contributed by atoms with van der Waals surface area (Å²) in [6.45, 7) is 3.84. The van der Waals surface area contributed by atoms with Crippen LogP contribution in [-0.4, -0.2) is 30.9 Å². The van der Waals surface area contributed by atoms with Gasteiger partial charge in [0, 0.05) is 22.5 Å². The summed E-state index contributed by atoms with van der Waals surface area (Å²) < 4.78 is 1.94. The van der Waals surface area contributed by atoms with E-state index in [1.807, 2.05) is 60.0 Å². The zero-order valence-electron chi connectivity index (χ0n) is 17.3. The zero-order chi connectivity index (χ0) is 22.7. The Morgan fingerprint density at radius 3 is 2.44 bits per heavy atom. The van der Waals surface area contributed by atoms with Gasteiger partial charge in [0.15, 0.2) is 16.1 Å². The lowest BCUT2D eigenvalue weighted by Crippen LogP contribution is -2.23. The minimum atomic E-state index is -0.460. The normalized spacial score (nSPS) is 11.9. The summed E-state index contributed by atoms with van der Waals surface area (Å²) in [4.78, 5) is 16.8. The first kappa shape index (κ1) is 22.3. The minimum Gasteiger partial charge on any atom is -0.322 e. The maximum atomic E-state index is 12.8. The topological polar surface area (TPSA) is 72.7 Å². The second kappa shape index (κ2) is 9.73. The molecule has 9 heteroatoms. The van der Waals surface area contributed by atoms with E-state index >= 15 is 0 Å². The van der Waals surface area contributed by atoms with Crippen molar-refractivity contribution in [2.45, 2.75) is 24.3 Å². The van der Waals surface area contributed by atoms with E-state index in [-0.39, 0.29) is 11.1 Å². The molecule has 4 aromatic rings. The van der Waals surface area contributed by atoms with Crippen molar-refractivity contribution in [3.8, 4) is 17.1 Å². The lowest BCUT2D eigenvalue weighted by atomic mass is 10.2. The number of thioether (sulfide) groups is 1. The SMILES string of the molecule is Cc1ccc(-n2c(SC(C)C(=O)Nc3cccnc3Cl)nnc2-c2ccc(Cl)cc2)cc1. The Morgan fingerprint density at radius 2 is 1.75 bits per heavy atom. The molecular formula is C23H19Cl2N5OS. The van der Waals surface area contributed by atoms with Crippen molar-refractivity contribution in [3.05, 3.63) is 82.6 Å². The average Bonchev–Trinajstić information content (AvgIpc) is 3.19. The molecule has 1 N–H and O–H groups in total. The molecule has 1 unspecified atom stereocenters. The lowest BCUT2D eigenvalue weighted by molar-refractivity contribution is -0.115. The molecule has 2 aromatic carbocycles. The highest BCUT2D eigenvalue weighted by atomic mass is 35.5. The van der Waals surface area contributed by atoms with E-state index in [0.717, 1.165) is 16.8 Å². The van der Waals surface area contributed by atoms with Gasteiger partial charge in [0.05, 0.1) is 10.9 Å². The van der Waals surface area contributed by atoms with Crippen LogP contribution in [0.25, 0.3) is 17.1 Å². The molecule has 4 rings (SSSR count). The van der Waals surface area contributed by atoms with Crippen LogP contribution in [0.1, 0.15) is 12.5 Å². The van der Waals surface area contributed by atoms with Gasteiger partial charge in [-0.2, -0.15) is 0 Å². The number of carbonyl (C=O) groups excluding carboxylic acids is 1. The molecule has 0 aliphatic heterocycles. The second-order valence-corrected chi connectivity index (χ2v) is 9.18. The summed E-state index contributed by atoms with van der Waals surface area (Å²) >= 11 is 13.4. The van der Waals surface area contributed by atoms with E-state index in [4.69, 9.17) is 23.2 Å². The third-order valence-electron chi connectivity index (χ3n) is 4.70. The molecule has 0 aliphatic rings. The van der Waals surface area contributed by atoms with Crippen molar-refractivity contribution in [3.63, 3.8) is 0 Å². The number of nitrogens with zero attached hydrogens (tertiary/aromatic N) is 4. The smallest absolute Gasteiger partial charge is 0.237 e. The number of rotatable bonds is 6. The predicted octanol–water partition coefficient (Wildman–Crippen LogP) is 6.06. The number of aryl methyl sites for hydroxylation is 1. The van der Waals surface area contributed by atoms with E-state index < -0.39 is 5.25 Å². The van der Waals surface area contributed by atoms with Gasteiger partial charge in [-0.05, 0) is 62.4 Å². The number of amides is 1. The van der Waals surface area contributed by atoms with Gasteiger partial charge in [-0.1, -0.05) is 52.7 Å². The number of aromatic nitrogens is 4. The van der Waals surface area contributed by atoms with Gasteiger partial charge in [0.2, 0.25) is 5.91 Å². The highest BCUT2D eigenvalue weighted by Crippen LogP contribution is 2.31. The monoisotopic (exact) mass is 483 g/mol. The number of pyridine rings is 1. The summed E-state index contributed by atoms with van der Waals surface area (Å²) in [5.74, 6) is 0.451. The van der Waals surface area contributed by atoms with Gasteiger partial charge in [0.1, 0.15) is 0 Å². The second-order valence-electron chi connectivity index (χ2n) is 7.08. The van der Waals surface area contributed by atoms with E-state index in [2.05, 4.69) is 20.5 Å². The van der Waals surface area contributed by atoms with Crippen LogP contribution in [0.5, 0.6) is 0 Å². The molecule has 162 valence electrons. The standard InChI is InChI=1S/C23H19Cl2N5OS/c1-14-5-11-18(12-6-14)30-21(16-7-9-17(24)10-8-16)28-29-23(30)32-15(2)22(31)27-19-4-3-13-26-20(19)25/h3-13,15H,1-2H3,(H,27,31). The molecule has 2 heterocycles. The number of benzene rings is 2. The number of hydrogen-bond acceptors (Lipinski definition) is 5. The van der Waals surface area contributed by atoms with E-state index in [0.29, 0.717) is 21.7 Å². The number of nitrogens with one attached hydrogen (secondary N) is 1. The number of anilines is 1. The first-order valence-corrected chi connectivity index (χ1v) is 11.4. The number of halogens is 2. The van der Waals surface area contributed by atoms with Crippen LogP contribution in [0.2, 0.25) is 10.2 Å². The van der Waals surface area contributed by atoms with Gasteiger partial charge in [-0.15, -0.1) is 10.2 Å². The third kappa shape index (κ3) is 4.96. The summed E-state index contributed by atoms with van der Waals surface area (Å²) in [5, 5.41) is 12.6. The molecule has 0 saturated carbocycles. The fourth-order valence-corrected chi connectivity index (χ4v) is 4.14. The van der Waals surface area contributed by atoms with Gasteiger partial charge < -0.3 is 5.32 Å². The Hall–Kier alpha value is -2.87. The van der Waals surface area contributed by atoms with Crippen LogP contribution in [0.3, 0.4) is 0 Å². The number of carbonyl (C=O) groups is 1. The Bertz CT molecular complexity index is 1240. The van der Waals surface area contributed by atoms with Gasteiger partial charge in [-0.3, -0.25) is 9.36 Å². The Morgan fingerprint density at radius 1 is 1.03 bits per heavy atom. The summed E-state index contributed by atoms with van der Waals surface area (Å²) in [6, 6.07) is 18.9. The van der Waals surface area contributed by atoms with Gasteiger partial charge in [-0.25, -0.2) is 4.98 Å². The Balaban J connectivity index is 1.66. The largest absolute Gasteiger partial charge is 0.322 e. The van der Waals surface area contributed by atoms with Gasteiger partial charge >= 0.3 is 0 Å². The molecule has 0 saturated heterocycles. The molecule has 0 bridgehead atoms. The Labute approximate surface area is 200 Å². The molecular weight excluding hydrogens is 465 g/mol. The van der Waals surface area contributed by atoms with Crippen LogP contribution in [0.4, 0.5) is 5.69 Å². The molecule has 0 radical (unpaired) electrons. The highest BCUT2D eigenvalue weighted by molar-refractivity contribution is 8.00. The van der Waals surface area contributed by atoms with Crippen LogP contribution >= 0.6 is 35.0 Å². The zero-order valence-corrected chi connectivity index (χ0v) is 19.6. The average molecular weight is 484 g/mol. The third-order valence-corrected chi connectivity index (χ3v) is 6.29. The van der Waals surface area contributed by atoms with Gasteiger partial charge in [0.25, 0.3) is 0 Å². The van der Waals surface area contributed by atoms with Crippen LogP contribution in [-0.2, 0) is 4.79 Å². The van der Waals surface area contributed by atoms with E-state index in [1.54, 1.807) is 25.3 Å². The lowest BCUT2D eigenvalue weighted by Gasteiger charge is -2.14. The molecule has 6 nitrogen and oxygen atoms in total. The fourth-order valence-electron chi connectivity index (χ4n) is 2.98. The van der Waals surface area contributed by atoms with Crippen molar-refractivity contribution >= 4 is 46.6 Å². The van der Waals surface area contributed by atoms with Crippen LogP contribution in [0, 0.1) is 6.92 Å². The summed E-state index contributed by atoms with van der Waals surface area (Å²) in [5.41, 5.74) is 3.38. The van der Waals surface area contributed by atoms with Crippen LogP contribution in [0.15, 0.2) is 72.0 Å². The van der Waals surface area contributed by atoms with Crippen molar-refractivity contribution in [1.29, 1.82) is 0 Å². The minimum absolute atomic E-state index is 0.212. The molecule has 2 aromatic heterocycles. The molecule has 0 aliphatic carbocycles. The molecule has 0 spiro atoms. The molecule has 1 amide bonds. The summed E-state index contributed by atoms with van der Waals surface area (Å²) in [6.07, 6.45) is 1.57. The quantitative estimate of drug-likeness (QED) is 0.266. The van der Waals surface area contributed by atoms with E-state index in [1.165, 1.54) is 11.8 Å². The Kier molecular flexibility index (Phi) is 6.79. The van der Waals surface area contributed by atoms with Crippen LogP contribution < -0.4 is 5.32 Å². The van der Waals surface area contributed by atoms with Crippen molar-refractivity contribution in [1.82, 2.24) is 19.7 Å². The summed E-state index contributed by atoms with van der Waals surface area (Å²) in [7, 11) is 0. The first-order chi connectivity index (χ1) is 15.4. The van der Waals surface area contributed by atoms with Crippen molar-refractivity contribution in [2.24, 2.45) is 0 Å². The highest BCUT2D eigenvalue weighted by Gasteiger charge is 2.22. The molecule has 1 atom stereocenters. The maximum absolute atomic E-state index is 12.8. The van der Waals surface area contributed by atoms with Crippen molar-refractivity contribution < 1.29 is 4.79 Å². The molecule has 0 fully saturated rings. The van der Waals surface area contributed by atoms with Crippen molar-refractivity contribution in [2.75, 3.05) is 5.32 Å². The predicted molar refractivity (Wildman–Crippen MR) is 130 cm³/mol. The fraction of sp³-hybridized carbons (Fsp3) is 0.130. The van der Waals surface area contributed by atoms with E-state index in [9.17, 15) is 4.79 Å². The first-order valence-electron chi connectivity index (χ1n) is 9.79.